The van der Waals surface area contributed by atoms with Gasteiger partial charge in [0.25, 0.3) is 0 Å². The van der Waals surface area contributed by atoms with Crippen molar-refractivity contribution < 1.29 is 8.42 Å². The number of nitrogens with zero attached hydrogens (tertiary/aromatic N) is 2. The molecule has 1 aliphatic carbocycles. The van der Waals surface area contributed by atoms with Gasteiger partial charge in [-0.1, -0.05) is 0 Å². The fourth-order valence-corrected chi connectivity index (χ4v) is 3.57. The van der Waals surface area contributed by atoms with Gasteiger partial charge in [0.1, 0.15) is 4.90 Å². The van der Waals surface area contributed by atoms with Crippen molar-refractivity contribution in [2.45, 2.75) is 33.8 Å². The second-order valence-corrected chi connectivity index (χ2v) is 7.33. The summed E-state index contributed by atoms with van der Waals surface area (Å²) in [6.45, 7) is 0. The molecule has 21 heavy (non-hydrogen) atoms. The fourth-order valence-electron chi connectivity index (χ4n) is 1.97. The number of nitrogens with one attached hydrogen (secondary N) is 1. The van der Waals surface area contributed by atoms with Crippen molar-refractivity contribution in [2.75, 3.05) is 5.73 Å². The van der Waals surface area contributed by atoms with E-state index in [9.17, 15) is 13.2 Å². The molecule has 2 aromatic rings. The van der Waals surface area contributed by atoms with E-state index >= 15 is 0 Å². The molecule has 0 saturated heterocycles. The zero-order valence-electron chi connectivity index (χ0n) is 10.8. The molecule has 5 N–H and O–H groups in total. The van der Waals surface area contributed by atoms with Crippen molar-refractivity contribution in [1.29, 1.82) is 0 Å². The Morgan fingerprint density at radius 2 is 2.10 bits per heavy atom. The van der Waals surface area contributed by atoms with Crippen LogP contribution in [0.5, 0.6) is 0 Å². The maximum absolute atomic E-state index is 11.7. The number of rotatable bonds is 4. The SMILES string of the molecule is Nc1cc(Sc2n[nH]c(=O)n2C2CC2)ccc1S(N)(=O)=O. The van der Waals surface area contributed by atoms with E-state index in [0.717, 1.165) is 12.8 Å². The largest absolute Gasteiger partial charge is 0.398 e. The van der Waals surface area contributed by atoms with Gasteiger partial charge in [-0.05, 0) is 42.8 Å². The quantitative estimate of drug-likeness (QED) is 0.690. The summed E-state index contributed by atoms with van der Waals surface area (Å²) in [5.41, 5.74) is 5.53. The second-order valence-electron chi connectivity index (χ2n) is 4.76. The summed E-state index contributed by atoms with van der Waals surface area (Å²) < 4.78 is 24.2. The highest BCUT2D eigenvalue weighted by molar-refractivity contribution is 7.99. The number of hydrogen-bond acceptors (Lipinski definition) is 6. The van der Waals surface area contributed by atoms with Crippen LogP contribution in [0.2, 0.25) is 0 Å². The van der Waals surface area contributed by atoms with E-state index in [1.54, 1.807) is 10.6 Å². The van der Waals surface area contributed by atoms with E-state index in [-0.39, 0.29) is 22.3 Å². The number of primary sulfonamides is 1. The van der Waals surface area contributed by atoms with Gasteiger partial charge in [-0.15, -0.1) is 5.10 Å². The molecule has 1 saturated carbocycles. The van der Waals surface area contributed by atoms with Crippen LogP contribution in [0.4, 0.5) is 5.69 Å². The Morgan fingerprint density at radius 3 is 2.67 bits per heavy atom. The Hall–Kier alpha value is -1.78. The molecular weight excluding hydrogens is 314 g/mol. The molecule has 1 aromatic heterocycles. The molecule has 0 unspecified atom stereocenters. The van der Waals surface area contributed by atoms with Crippen LogP contribution in [0.15, 0.2) is 37.9 Å². The summed E-state index contributed by atoms with van der Waals surface area (Å²) >= 11 is 1.24. The lowest BCUT2D eigenvalue weighted by Crippen LogP contribution is -2.16. The summed E-state index contributed by atoms with van der Waals surface area (Å²) in [5.74, 6) is 0. The number of nitrogens with two attached hydrogens (primary N) is 2. The van der Waals surface area contributed by atoms with Crippen LogP contribution in [0.1, 0.15) is 18.9 Å². The summed E-state index contributed by atoms with van der Waals surface area (Å²) in [4.78, 5) is 12.2. The van der Waals surface area contributed by atoms with Crippen molar-refractivity contribution in [3.05, 3.63) is 28.7 Å². The van der Waals surface area contributed by atoms with Gasteiger partial charge in [0.2, 0.25) is 10.0 Å². The van der Waals surface area contributed by atoms with Crippen LogP contribution in [0.25, 0.3) is 0 Å². The zero-order valence-corrected chi connectivity index (χ0v) is 12.4. The average Bonchev–Trinajstić information content (AvgIpc) is 3.14. The monoisotopic (exact) mass is 327 g/mol. The summed E-state index contributed by atoms with van der Waals surface area (Å²) in [7, 11) is -3.84. The first-order chi connectivity index (χ1) is 9.86. The Morgan fingerprint density at radius 1 is 1.38 bits per heavy atom. The van der Waals surface area contributed by atoms with E-state index in [1.807, 2.05) is 0 Å². The average molecular weight is 327 g/mol. The maximum Gasteiger partial charge on any atom is 0.344 e. The molecule has 0 atom stereocenters. The fraction of sp³-hybridized carbons (Fsp3) is 0.273. The number of benzene rings is 1. The molecule has 1 heterocycles. The van der Waals surface area contributed by atoms with Crippen LogP contribution in [0, 0.1) is 0 Å². The maximum atomic E-state index is 11.7. The Bertz CT molecular complexity index is 851. The molecule has 3 rings (SSSR count). The van der Waals surface area contributed by atoms with Gasteiger partial charge in [0.05, 0.1) is 5.69 Å². The minimum atomic E-state index is -3.84. The lowest BCUT2D eigenvalue weighted by Gasteiger charge is -2.07. The van der Waals surface area contributed by atoms with E-state index in [1.165, 1.54) is 23.9 Å². The van der Waals surface area contributed by atoms with E-state index in [2.05, 4.69) is 10.2 Å². The summed E-state index contributed by atoms with van der Waals surface area (Å²) in [6, 6.07) is 4.62. The smallest absolute Gasteiger partial charge is 0.344 e. The standard InChI is InChI=1S/C11H13N5O3S2/c12-8-5-7(3-4-9(8)21(13,18)19)20-11-15-14-10(17)16(11)6-1-2-6/h3-6H,1-2,12H2,(H,14,17)(H2,13,18,19). The lowest BCUT2D eigenvalue weighted by atomic mass is 10.3. The molecule has 0 bridgehead atoms. The third-order valence-corrected chi connectivity index (χ3v) is 5.03. The van der Waals surface area contributed by atoms with Crippen LogP contribution >= 0.6 is 11.8 Å². The van der Waals surface area contributed by atoms with Crippen LogP contribution in [0.3, 0.4) is 0 Å². The number of aromatic nitrogens is 3. The molecule has 1 aromatic carbocycles. The molecule has 1 aliphatic rings. The first kappa shape index (κ1) is 14.2. The molecule has 0 amide bonds. The summed E-state index contributed by atoms with van der Waals surface area (Å²) in [5, 5.41) is 12.0. The molecule has 8 nitrogen and oxygen atoms in total. The number of anilines is 1. The molecule has 0 radical (unpaired) electrons. The minimum Gasteiger partial charge on any atom is -0.398 e. The van der Waals surface area contributed by atoms with E-state index in [0.29, 0.717) is 10.1 Å². The minimum absolute atomic E-state index is 0.0679. The van der Waals surface area contributed by atoms with Crippen LogP contribution < -0.4 is 16.6 Å². The van der Waals surface area contributed by atoms with Gasteiger partial charge >= 0.3 is 5.69 Å². The topological polar surface area (TPSA) is 137 Å². The second kappa shape index (κ2) is 4.90. The molecule has 0 spiro atoms. The Kier molecular flexibility index (Phi) is 3.30. The highest BCUT2D eigenvalue weighted by Crippen LogP contribution is 2.38. The van der Waals surface area contributed by atoms with Crippen LogP contribution in [-0.4, -0.2) is 23.2 Å². The van der Waals surface area contributed by atoms with Crippen molar-refractivity contribution in [1.82, 2.24) is 14.8 Å². The molecule has 10 heteroatoms. The van der Waals surface area contributed by atoms with Gasteiger partial charge in [0.15, 0.2) is 5.16 Å². The van der Waals surface area contributed by atoms with Crippen molar-refractivity contribution in [2.24, 2.45) is 5.14 Å². The van der Waals surface area contributed by atoms with Gasteiger partial charge in [-0.2, -0.15) is 0 Å². The van der Waals surface area contributed by atoms with Crippen molar-refractivity contribution in [3.63, 3.8) is 0 Å². The number of H-pyrrole nitrogens is 1. The first-order valence-electron chi connectivity index (χ1n) is 6.13. The Labute approximate surface area is 124 Å². The van der Waals surface area contributed by atoms with Gasteiger partial charge < -0.3 is 5.73 Å². The molecular formula is C11H13N5O3S2. The van der Waals surface area contributed by atoms with Gasteiger partial charge in [-0.3, -0.25) is 4.57 Å². The predicted molar refractivity (Wildman–Crippen MR) is 77.5 cm³/mol. The number of sulfonamides is 1. The highest BCUT2D eigenvalue weighted by Gasteiger charge is 2.28. The van der Waals surface area contributed by atoms with Crippen LogP contribution in [-0.2, 0) is 10.0 Å². The van der Waals surface area contributed by atoms with E-state index < -0.39 is 10.0 Å². The third-order valence-electron chi connectivity index (χ3n) is 3.08. The third kappa shape index (κ3) is 2.82. The number of aromatic amines is 1. The zero-order chi connectivity index (χ0) is 15.2. The summed E-state index contributed by atoms with van der Waals surface area (Å²) in [6.07, 6.45) is 1.92. The van der Waals surface area contributed by atoms with E-state index in [4.69, 9.17) is 10.9 Å². The van der Waals surface area contributed by atoms with Gasteiger partial charge in [-0.25, -0.2) is 23.4 Å². The lowest BCUT2D eigenvalue weighted by molar-refractivity contribution is 0.598. The van der Waals surface area contributed by atoms with Gasteiger partial charge in [0, 0.05) is 10.9 Å². The first-order valence-corrected chi connectivity index (χ1v) is 8.49. The highest BCUT2D eigenvalue weighted by atomic mass is 32.2. The molecule has 0 aliphatic heterocycles. The number of hydrogen-bond donors (Lipinski definition) is 3. The van der Waals surface area contributed by atoms with Crippen molar-refractivity contribution in [3.8, 4) is 0 Å². The van der Waals surface area contributed by atoms with Crippen molar-refractivity contribution >= 4 is 27.5 Å². The number of nitrogen functional groups attached to an aromatic ring is 1. The molecule has 1 fully saturated rings. The Balaban J connectivity index is 1.93. The predicted octanol–water partition coefficient (Wildman–Crippen LogP) is 0.287. The normalized spacial score (nSPS) is 15.3. The molecule has 112 valence electrons.